The first-order chi connectivity index (χ1) is 20.6. The molecule has 0 bridgehead atoms. The lowest BCUT2D eigenvalue weighted by Crippen LogP contribution is -2.58. The molecule has 5 aliphatic carbocycles. The minimum atomic E-state index is -1.26. The van der Waals surface area contributed by atoms with Crippen molar-refractivity contribution in [2.24, 2.45) is 44.8 Å². The van der Waals surface area contributed by atoms with E-state index in [4.69, 9.17) is 23.7 Å². The van der Waals surface area contributed by atoms with Crippen molar-refractivity contribution in [1.82, 2.24) is 0 Å². The molecule has 0 aromatic rings. The molecule has 7 unspecified atom stereocenters. The lowest BCUT2D eigenvalue weighted by Gasteiger charge is -2.60. The Labute approximate surface area is 260 Å². The Balaban J connectivity index is 1.00. The van der Waals surface area contributed by atoms with Gasteiger partial charge in [0.05, 0.1) is 18.8 Å². The number of fused-ring (bicyclic) bond motifs is 6. The summed E-state index contributed by atoms with van der Waals surface area (Å²) in [6.07, 6.45) is 5.31. The molecular formula is C35H52O9. The van der Waals surface area contributed by atoms with Crippen LogP contribution in [0.1, 0.15) is 92.9 Å². The van der Waals surface area contributed by atoms with Gasteiger partial charge in [-0.1, -0.05) is 46.3 Å². The van der Waals surface area contributed by atoms with Crippen LogP contribution in [0.4, 0.5) is 0 Å². The van der Waals surface area contributed by atoms with Crippen molar-refractivity contribution in [3.8, 4) is 0 Å². The monoisotopic (exact) mass is 616 g/mol. The highest BCUT2D eigenvalue weighted by Crippen LogP contribution is 2.88. The van der Waals surface area contributed by atoms with Gasteiger partial charge in [-0.3, -0.25) is 0 Å². The largest absolute Gasteiger partial charge is 0.388 e. The average molecular weight is 617 g/mol. The quantitative estimate of drug-likeness (QED) is 0.272. The summed E-state index contributed by atoms with van der Waals surface area (Å²) in [5, 5.41) is 41.4. The minimum absolute atomic E-state index is 0.0360. The van der Waals surface area contributed by atoms with Crippen LogP contribution in [0, 0.1) is 44.8 Å². The summed E-state index contributed by atoms with van der Waals surface area (Å²) in [4.78, 5) is 0. The third-order valence-corrected chi connectivity index (χ3v) is 15.8. The van der Waals surface area contributed by atoms with Gasteiger partial charge in [-0.25, -0.2) is 0 Å². The molecule has 8 fully saturated rings. The molecule has 4 saturated heterocycles. The van der Waals surface area contributed by atoms with Gasteiger partial charge in [-0.2, -0.15) is 0 Å². The van der Waals surface area contributed by atoms with E-state index in [1.807, 2.05) is 6.92 Å². The molecule has 0 aromatic heterocycles. The Morgan fingerprint density at radius 2 is 1.68 bits per heavy atom. The molecule has 0 aromatic carbocycles. The molecule has 3 spiro atoms. The van der Waals surface area contributed by atoms with Gasteiger partial charge in [-0.15, -0.1) is 0 Å². The first-order valence-electron chi connectivity index (χ1n) is 17.3. The van der Waals surface area contributed by atoms with Crippen LogP contribution in [0.15, 0.2) is 11.6 Å². The Kier molecular flexibility index (Phi) is 5.70. The highest BCUT2D eigenvalue weighted by molar-refractivity contribution is 5.46. The van der Waals surface area contributed by atoms with E-state index in [1.165, 1.54) is 19.3 Å². The maximum absolute atomic E-state index is 10.7. The molecule has 9 aliphatic rings. The van der Waals surface area contributed by atoms with Gasteiger partial charge in [0.15, 0.2) is 12.6 Å². The average Bonchev–Trinajstić information content (AvgIpc) is 3.80. The number of hydrogen-bond acceptors (Lipinski definition) is 9. The molecule has 0 radical (unpaired) electrons. The van der Waals surface area contributed by atoms with Gasteiger partial charge in [-0.05, 0) is 96.7 Å². The summed E-state index contributed by atoms with van der Waals surface area (Å²) in [5.74, 6) is 0.460. The lowest BCUT2D eigenvalue weighted by atomic mass is 9.45. The predicted molar refractivity (Wildman–Crippen MR) is 157 cm³/mol. The van der Waals surface area contributed by atoms with Gasteiger partial charge in [0.1, 0.15) is 30.0 Å². The second-order valence-corrected chi connectivity index (χ2v) is 17.8. The van der Waals surface area contributed by atoms with E-state index in [0.717, 1.165) is 32.1 Å². The van der Waals surface area contributed by atoms with Crippen molar-refractivity contribution in [1.29, 1.82) is 0 Å². The lowest BCUT2D eigenvalue weighted by molar-refractivity contribution is -0.344. The maximum atomic E-state index is 10.7. The fraction of sp³-hybridized carbons (Fsp3) is 0.943. The normalized spacial score (nSPS) is 64.6. The van der Waals surface area contributed by atoms with E-state index in [2.05, 4.69) is 40.7 Å². The number of aliphatic hydroxyl groups is 4. The fourth-order valence-electron chi connectivity index (χ4n) is 13.4. The summed E-state index contributed by atoms with van der Waals surface area (Å²) in [6.45, 7) is 14.0. The van der Waals surface area contributed by atoms with Crippen molar-refractivity contribution in [2.45, 2.75) is 154 Å². The Morgan fingerprint density at radius 3 is 2.39 bits per heavy atom. The standard InChI is InChI=1S/C35H52O9/c1-17-13-35(27-32(6,43-27)28(39)44-35)42-19-14-31(5)21-8-7-20-29(2,3)22(41-26-25(38)24(37)18(36)15-40-26)9-10-33(20)16-34(21,33)12-11-30(31,4)23(17)19/h8,17-20,22-28,36-39H,7,9-16H2,1-6H3/t17-,18-,19?,20+,22?,23?,24+,25-,26+,27?,28?,30-,31+,32?,33-,34+,35?/m1/s1. The van der Waals surface area contributed by atoms with Crippen LogP contribution in [-0.4, -0.2) is 87.6 Å². The van der Waals surface area contributed by atoms with Crippen LogP contribution < -0.4 is 0 Å². The van der Waals surface area contributed by atoms with Crippen LogP contribution in [0.2, 0.25) is 0 Å². The third-order valence-electron chi connectivity index (χ3n) is 15.8. The Hall–Kier alpha value is -0.620. The minimum Gasteiger partial charge on any atom is -0.388 e. The van der Waals surface area contributed by atoms with Crippen LogP contribution >= 0.6 is 0 Å². The van der Waals surface area contributed by atoms with Crippen molar-refractivity contribution in [2.75, 3.05) is 6.61 Å². The number of epoxide rings is 1. The summed E-state index contributed by atoms with van der Waals surface area (Å²) >= 11 is 0. The number of allylic oxidation sites excluding steroid dienone is 2. The Morgan fingerprint density at radius 1 is 0.909 bits per heavy atom. The van der Waals surface area contributed by atoms with Gasteiger partial charge in [0.2, 0.25) is 5.79 Å². The summed E-state index contributed by atoms with van der Waals surface area (Å²) in [6, 6.07) is 0. The van der Waals surface area contributed by atoms with E-state index >= 15 is 0 Å². The molecule has 4 N–H and O–H groups in total. The number of rotatable bonds is 2. The van der Waals surface area contributed by atoms with Crippen molar-refractivity contribution in [3.63, 3.8) is 0 Å². The van der Waals surface area contributed by atoms with E-state index in [1.54, 1.807) is 5.57 Å². The second kappa shape index (κ2) is 8.50. The molecule has 9 rings (SSSR count). The van der Waals surface area contributed by atoms with Crippen LogP contribution in [0.5, 0.6) is 0 Å². The van der Waals surface area contributed by atoms with Crippen molar-refractivity contribution in [3.05, 3.63) is 11.6 Å². The van der Waals surface area contributed by atoms with E-state index in [9.17, 15) is 20.4 Å². The van der Waals surface area contributed by atoms with Gasteiger partial charge < -0.3 is 44.1 Å². The first kappa shape index (κ1) is 29.5. The van der Waals surface area contributed by atoms with Crippen molar-refractivity contribution >= 4 is 0 Å². The van der Waals surface area contributed by atoms with Crippen LogP contribution in [0.25, 0.3) is 0 Å². The van der Waals surface area contributed by atoms with Crippen molar-refractivity contribution < 1.29 is 44.1 Å². The smallest absolute Gasteiger partial charge is 0.201 e. The number of hydrogen-bond donors (Lipinski definition) is 4. The molecule has 9 nitrogen and oxygen atoms in total. The molecule has 4 aliphatic heterocycles. The highest BCUT2D eigenvalue weighted by atomic mass is 16.8. The molecule has 246 valence electrons. The highest BCUT2D eigenvalue weighted by Gasteiger charge is 2.83. The molecule has 4 heterocycles. The molecular weight excluding hydrogens is 564 g/mol. The zero-order valence-electron chi connectivity index (χ0n) is 27.1. The maximum Gasteiger partial charge on any atom is 0.201 e. The zero-order chi connectivity index (χ0) is 31.0. The summed E-state index contributed by atoms with van der Waals surface area (Å²) in [5.41, 5.74) is 1.56. The van der Waals surface area contributed by atoms with E-state index in [0.29, 0.717) is 17.8 Å². The molecule has 17 atom stereocenters. The zero-order valence-corrected chi connectivity index (χ0v) is 27.1. The van der Waals surface area contributed by atoms with Crippen LogP contribution in [-0.2, 0) is 23.7 Å². The number of ether oxygens (including phenoxy) is 5. The summed E-state index contributed by atoms with van der Waals surface area (Å²) in [7, 11) is 0. The third kappa shape index (κ3) is 3.19. The van der Waals surface area contributed by atoms with Gasteiger partial charge in [0, 0.05) is 6.42 Å². The topological polar surface area (TPSA) is 130 Å². The SMILES string of the molecule is C[C@@H]1CC2(OC3C[C@@]4(C)C5=CC[C@H]6C(C)(C)C(O[C@@H]7OC[C@@H](O)[C@H](O)[C@H]7O)CC[C@@]67C[C@@]57CC[C@]4(C)C31)OC(O)C1(C)OC21. The van der Waals surface area contributed by atoms with E-state index < -0.39 is 42.3 Å². The molecule has 44 heavy (non-hydrogen) atoms. The number of aliphatic hydroxyl groups excluding tert-OH is 4. The molecule has 4 saturated carbocycles. The van der Waals surface area contributed by atoms with E-state index in [-0.39, 0.29) is 52.0 Å². The molecule has 0 amide bonds. The fourth-order valence-corrected chi connectivity index (χ4v) is 13.4. The first-order valence-corrected chi connectivity index (χ1v) is 17.3. The molecule has 9 heteroatoms. The summed E-state index contributed by atoms with van der Waals surface area (Å²) < 4.78 is 31.3. The predicted octanol–water partition coefficient (Wildman–Crippen LogP) is 3.41. The van der Waals surface area contributed by atoms with Gasteiger partial charge >= 0.3 is 0 Å². The Bertz CT molecular complexity index is 1300. The second-order valence-electron chi connectivity index (χ2n) is 17.8. The van der Waals surface area contributed by atoms with Crippen LogP contribution in [0.3, 0.4) is 0 Å². The van der Waals surface area contributed by atoms with Gasteiger partial charge in [0.25, 0.3) is 0 Å².